The molecule has 1 aromatic carbocycles. The summed E-state index contributed by atoms with van der Waals surface area (Å²) in [6.45, 7) is 6.56. The van der Waals surface area contributed by atoms with Crippen molar-refractivity contribution in [2.75, 3.05) is 11.9 Å². The molecule has 3 nitrogen and oxygen atoms in total. The molecule has 0 unspecified atom stereocenters. The SMILES string of the molecule is CCCOC(=O)c1cccc(NC(C)C)c1. The Morgan fingerprint density at radius 3 is 2.81 bits per heavy atom. The second-order valence-corrected chi connectivity index (χ2v) is 4.02. The van der Waals surface area contributed by atoms with E-state index in [1.165, 1.54) is 0 Å². The Bertz CT molecular complexity index is 348. The summed E-state index contributed by atoms with van der Waals surface area (Å²) >= 11 is 0. The van der Waals surface area contributed by atoms with Gasteiger partial charge >= 0.3 is 5.97 Å². The zero-order valence-electron chi connectivity index (χ0n) is 10.1. The predicted octanol–water partition coefficient (Wildman–Crippen LogP) is 3.07. The van der Waals surface area contributed by atoms with Gasteiger partial charge in [0.1, 0.15) is 0 Å². The van der Waals surface area contributed by atoms with Crippen LogP contribution >= 0.6 is 0 Å². The summed E-state index contributed by atoms with van der Waals surface area (Å²) in [6.07, 6.45) is 0.843. The molecule has 0 aliphatic heterocycles. The van der Waals surface area contributed by atoms with E-state index in [0.717, 1.165) is 12.1 Å². The Kier molecular flexibility index (Phi) is 4.83. The Hall–Kier alpha value is -1.51. The van der Waals surface area contributed by atoms with Crippen molar-refractivity contribution in [3.05, 3.63) is 29.8 Å². The van der Waals surface area contributed by atoms with Crippen LogP contribution in [0.1, 0.15) is 37.6 Å². The minimum absolute atomic E-state index is 0.255. The molecule has 1 N–H and O–H groups in total. The third-order valence-corrected chi connectivity index (χ3v) is 1.99. The molecular weight excluding hydrogens is 202 g/mol. The molecule has 0 aliphatic rings. The van der Waals surface area contributed by atoms with Gasteiger partial charge in [0.15, 0.2) is 0 Å². The normalized spacial score (nSPS) is 10.2. The molecule has 0 aromatic heterocycles. The van der Waals surface area contributed by atoms with Gasteiger partial charge in [-0.2, -0.15) is 0 Å². The molecule has 0 heterocycles. The quantitative estimate of drug-likeness (QED) is 0.776. The Morgan fingerprint density at radius 1 is 1.44 bits per heavy atom. The van der Waals surface area contributed by atoms with Crippen LogP contribution in [-0.2, 0) is 4.74 Å². The molecule has 88 valence electrons. The molecule has 0 aliphatic carbocycles. The van der Waals surface area contributed by atoms with E-state index in [-0.39, 0.29) is 5.97 Å². The van der Waals surface area contributed by atoms with Crippen molar-refractivity contribution in [1.82, 2.24) is 0 Å². The highest BCUT2D eigenvalue weighted by atomic mass is 16.5. The molecule has 0 spiro atoms. The first-order chi connectivity index (χ1) is 7.63. The highest BCUT2D eigenvalue weighted by Crippen LogP contribution is 2.12. The van der Waals surface area contributed by atoms with Crippen LogP contribution in [0.25, 0.3) is 0 Å². The standard InChI is InChI=1S/C13H19NO2/c1-4-8-16-13(15)11-6-5-7-12(9-11)14-10(2)3/h5-7,9-10,14H,4,8H2,1-3H3. The molecule has 0 saturated carbocycles. The number of carbonyl (C=O) groups is 1. The number of rotatable bonds is 5. The Labute approximate surface area is 96.8 Å². The second-order valence-electron chi connectivity index (χ2n) is 4.02. The number of carbonyl (C=O) groups excluding carboxylic acids is 1. The first-order valence-electron chi connectivity index (χ1n) is 5.67. The third kappa shape index (κ3) is 3.93. The summed E-state index contributed by atoms with van der Waals surface area (Å²) in [5.74, 6) is -0.255. The molecule has 0 fully saturated rings. The van der Waals surface area contributed by atoms with Crippen molar-refractivity contribution in [3.63, 3.8) is 0 Å². The first-order valence-corrected chi connectivity index (χ1v) is 5.67. The van der Waals surface area contributed by atoms with Crippen molar-refractivity contribution >= 4 is 11.7 Å². The van der Waals surface area contributed by atoms with Gasteiger partial charge in [0.25, 0.3) is 0 Å². The van der Waals surface area contributed by atoms with Crippen molar-refractivity contribution < 1.29 is 9.53 Å². The molecule has 0 atom stereocenters. The summed E-state index contributed by atoms with van der Waals surface area (Å²) < 4.78 is 5.07. The topological polar surface area (TPSA) is 38.3 Å². The molecule has 16 heavy (non-hydrogen) atoms. The highest BCUT2D eigenvalue weighted by Gasteiger charge is 2.07. The van der Waals surface area contributed by atoms with E-state index in [1.54, 1.807) is 6.07 Å². The predicted molar refractivity (Wildman–Crippen MR) is 65.8 cm³/mol. The third-order valence-electron chi connectivity index (χ3n) is 1.99. The van der Waals surface area contributed by atoms with Crippen LogP contribution in [0, 0.1) is 0 Å². The summed E-state index contributed by atoms with van der Waals surface area (Å²) in [5.41, 5.74) is 1.54. The number of ether oxygens (including phenoxy) is 1. The van der Waals surface area contributed by atoms with Crippen molar-refractivity contribution in [2.45, 2.75) is 33.2 Å². The minimum atomic E-state index is -0.255. The Morgan fingerprint density at radius 2 is 2.19 bits per heavy atom. The lowest BCUT2D eigenvalue weighted by atomic mass is 10.2. The molecule has 0 radical (unpaired) electrons. The number of esters is 1. The molecule has 3 heteroatoms. The van der Waals surface area contributed by atoms with E-state index < -0.39 is 0 Å². The second kappa shape index (κ2) is 6.16. The van der Waals surface area contributed by atoms with Gasteiger partial charge in [0, 0.05) is 11.7 Å². The minimum Gasteiger partial charge on any atom is -0.462 e. The maximum Gasteiger partial charge on any atom is 0.338 e. The van der Waals surface area contributed by atoms with Gasteiger partial charge < -0.3 is 10.1 Å². The molecule has 1 rings (SSSR count). The van der Waals surface area contributed by atoms with Crippen LogP contribution in [0.5, 0.6) is 0 Å². The summed E-state index contributed by atoms with van der Waals surface area (Å²) in [5, 5.41) is 3.25. The van der Waals surface area contributed by atoms with Crippen LogP contribution in [0.2, 0.25) is 0 Å². The highest BCUT2D eigenvalue weighted by molar-refractivity contribution is 5.90. The average molecular weight is 221 g/mol. The van der Waals surface area contributed by atoms with Crippen molar-refractivity contribution in [3.8, 4) is 0 Å². The molecule has 0 saturated heterocycles. The fraction of sp³-hybridized carbons (Fsp3) is 0.462. The van der Waals surface area contributed by atoms with Gasteiger partial charge in [-0.3, -0.25) is 0 Å². The van der Waals surface area contributed by atoms with E-state index in [0.29, 0.717) is 18.2 Å². The lowest BCUT2D eigenvalue weighted by Crippen LogP contribution is -2.11. The largest absolute Gasteiger partial charge is 0.462 e. The van der Waals surface area contributed by atoms with Gasteiger partial charge in [-0.15, -0.1) is 0 Å². The number of hydrogen-bond donors (Lipinski definition) is 1. The monoisotopic (exact) mass is 221 g/mol. The zero-order chi connectivity index (χ0) is 12.0. The van der Waals surface area contributed by atoms with Gasteiger partial charge in [-0.1, -0.05) is 13.0 Å². The molecule has 0 amide bonds. The van der Waals surface area contributed by atoms with Gasteiger partial charge in [-0.05, 0) is 38.5 Å². The van der Waals surface area contributed by atoms with Crippen LogP contribution < -0.4 is 5.32 Å². The summed E-state index contributed by atoms with van der Waals surface area (Å²) in [4.78, 5) is 11.6. The van der Waals surface area contributed by atoms with Crippen molar-refractivity contribution in [1.29, 1.82) is 0 Å². The molecule has 1 aromatic rings. The Balaban J connectivity index is 2.69. The van der Waals surface area contributed by atoms with Gasteiger partial charge in [0.05, 0.1) is 12.2 Å². The lowest BCUT2D eigenvalue weighted by molar-refractivity contribution is 0.0505. The van der Waals surface area contributed by atoms with E-state index in [1.807, 2.05) is 25.1 Å². The first kappa shape index (κ1) is 12.6. The van der Waals surface area contributed by atoms with Gasteiger partial charge in [-0.25, -0.2) is 4.79 Å². The van der Waals surface area contributed by atoms with Crippen LogP contribution in [0.15, 0.2) is 24.3 Å². The number of anilines is 1. The lowest BCUT2D eigenvalue weighted by Gasteiger charge is -2.10. The fourth-order valence-electron chi connectivity index (χ4n) is 1.35. The van der Waals surface area contributed by atoms with E-state index in [9.17, 15) is 4.79 Å². The molecule has 0 bridgehead atoms. The fourth-order valence-corrected chi connectivity index (χ4v) is 1.35. The number of nitrogens with one attached hydrogen (secondary N) is 1. The molecular formula is C13H19NO2. The van der Waals surface area contributed by atoms with E-state index in [4.69, 9.17) is 4.74 Å². The van der Waals surface area contributed by atoms with E-state index >= 15 is 0 Å². The summed E-state index contributed by atoms with van der Waals surface area (Å²) in [6, 6.07) is 7.73. The summed E-state index contributed by atoms with van der Waals surface area (Å²) in [7, 11) is 0. The maximum atomic E-state index is 11.6. The smallest absolute Gasteiger partial charge is 0.338 e. The van der Waals surface area contributed by atoms with E-state index in [2.05, 4.69) is 19.2 Å². The van der Waals surface area contributed by atoms with Crippen LogP contribution in [0.4, 0.5) is 5.69 Å². The van der Waals surface area contributed by atoms with Crippen LogP contribution in [-0.4, -0.2) is 18.6 Å². The van der Waals surface area contributed by atoms with Crippen LogP contribution in [0.3, 0.4) is 0 Å². The zero-order valence-corrected chi connectivity index (χ0v) is 10.1. The number of hydrogen-bond acceptors (Lipinski definition) is 3. The van der Waals surface area contributed by atoms with Crippen molar-refractivity contribution in [2.24, 2.45) is 0 Å². The maximum absolute atomic E-state index is 11.6. The van der Waals surface area contributed by atoms with Gasteiger partial charge in [0.2, 0.25) is 0 Å². The number of benzene rings is 1. The average Bonchev–Trinajstić information content (AvgIpc) is 2.25.